The summed E-state index contributed by atoms with van der Waals surface area (Å²) >= 11 is 0. The van der Waals surface area contributed by atoms with Crippen LogP contribution in [0.15, 0.2) is 48.5 Å². The fourth-order valence-electron chi connectivity index (χ4n) is 2.53. The van der Waals surface area contributed by atoms with Crippen LogP contribution < -0.4 is 15.6 Å². The van der Waals surface area contributed by atoms with Crippen LogP contribution in [0.25, 0.3) is 0 Å². The molecule has 7 heteroatoms. The molecule has 1 amide bonds. The van der Waals surface area contributed by atoms with E-state index in [0.717, 1.165) is 0 Å². The molecule has 0 fully saturated rings. The van der Waals surface area contributed by atoms with Crippen molar-refractivity contribution in [2.45, 2.75) is 5.72 Å². The Morgan fingerprint density at radius 1 is 1.00 bits per heavy atom. The average molecular weight is 326 g/mol. The first-order chi connectivity index (χ1) is 11.5. The lowest BCUT2D eigenvalue weighted by Crippen LogP contribution is -2.61. The summed E-state index contributed by atoms with van der Waals surface area (Å²) in [5.41, 5.74) is 2.21. The number of aliphatic hydroxyl groups is 1. The van der Waals surface area contributed by atoms with Gasteiger partial charge >= 0.3 is 0 Å². The molecule has 122 valence electrons. The number of rotatable bonds is 4. The first-order valence-electron chi connectivity index (χ1n) is 7.10. The van der Waals surface area contributed by atoms with Gasteiger partial charge in [0.15, 0.2) is 0 Å². The lowest BCUT2D eigenvalue weighted by atomic mass is 10.1. The van der Waals surface area contributed by atoms with Crippen LogP contribution in [0.5, 0.6) is 5.75 Å². The van der Waals surface area contributed by atoms with Gasteiger partial charge in [-0.2, -0.15) is 5.43 Å². The van der Waals surface area contributed by atoms with Crippen LogP contribution >= 0.6 is 0 Å². The fourth-order valence-corrected chi connectivity index (χ4v) is 2.53. The molecule has 0 aliphatic heterocycles. The molecule has 24 heavy (non-hydrogen) atoms. The molecule has 0 spiro atoms. The van der Waals surface area contributed by atoms with Crippen molar-refractivity contribution in [3.05, 3.63) is 65.2 Å². The van der Waals surface area contributed by atoms with Crippen LogP contribution in [0, 0.1) is 0 Å². The average Bonchev–Trinajstić information content (AvgIpc) is 2.82. The summed E-state index contributed by atoms with van der Waals surface area (Å²) in [6.07, 6.45) is 0. The number of fused-ring (bicyclic) bond motifs is 1. The molecule has 2 aromatic carbocycles. The molecular weight excluding hydrogens is 312 g/mol. The molecular formula is C17H14N2O5. The van der Waals surface area contributed by atoms with Gasteiger partial charge in [-0.15, -0.1) is 0 Å². The van der Waals surface area contributed by atoms with Gasteiger partial charge in [0.25, 0.3) is 11.6 Å². The van der Waals surface area contributed by atoms with Crippen LogP contribution in [0.2, 0.25) is 0 Å². The molecule has 2 aromatic rings. The Hall–Kier alpha value is -3.03. The van der Waals surface area contributed by atoms with Crippen molar-refractivity contribution in [3.63, 3.8) is 0 Å². The van der Waals surface area contributed by atoms with E-state index in [1.165, 1.54) is 25.3 Å². The van der Waals surface area contributed by atoms with E-state index in [4.69, 9.17) is 4.74 Å². The van der Waals surface area contributed by atoms with Crippen LogP contribution in [0.1, 0.15) is 31.1 Å². The van der Waals surface area contributed by atoms with Crippen LogP contribution in [-0.4, -0.2) is 35.4 Å². The normalized spacial score (nSPS) is 15.1. The zero-order chi connectivity index (χ0) is 17.3. The highest BCUT2D eigenvalue weighted by atomic mass is 16.5. The van der Waals surface area contributed by atoms with E-state index in [2.05, 4.69) is 10.9 Å². The van der Waals surface area contributed by atoms with Gasteiger partial charge in [0.2, 0.25) is 11.6 Å². The topological polar surface area (TPSA) is 105 Å². The minimum atomic E-state index is -2.53. The first-order valence-corrected chi connectivity index (χ1v) is 7.10. The number of methoxy groups -OCH3 is 1. The van der Waals surface area contributed by atoms with Crippen molar-refractivity contribution in [1.29, 1.82) is 0 Å². The Morgan fingerprint density at radius 2 is 1.54 bits per heavy atom. The number of carbonyl (C=O) groups is 3. The summed E-state index contributed by atoms with van der Waals surface area (Å²) in [4.78, 5) is 36.8. The summed E-state index contributed by atoms with van der Waals surface area (Å²) < 4.78 is 5.07. The number of hydrogen-bond acceptors (Lipinski definition) is 6. The Balaban J connectivity index is 1.81. The van der Waals surface area contributed by atoms with Gasteiger partial charge < -0.3 is 9.84 Å². The molecule has 0 saturated carbocycles. The third kappa shape index (κ3) is 2.36. The van der Waals surface area contributed by atoms with Crippen molar-refractivity contribution >= 4 is 17.5 Å². The van der Waals surface area contributed by atoms with Gasteiger partial charge in [-0.3, -0.25) is 19.8 Å². The maximum Gasteiger partial charge on any atom is 0.269 e. The molecule has 1 aliphatic rings. The second kappa shape index (κ2) is 5.88. The number of benzene rings is 2. The SMILES string of the molecule is COc1ccccc1C(=O)NNC1(O)C(=O)c2ccccc2C1=O. The third-order valence-corrected chi connectivity index (χ3v) is 3.78. The summed E-state index contributed by atoms with van der Waals surface area (Å²) in [7, 11) is 1.41. The van der Waals surface area contributed by atoms with Crippen molar-refractivity contribution in [3.8, 4) is 5.75 Å². The molecule has 0 aromatic heterocycles. The Morgan fingerprint density at radius 3 is 2.12 bits per heavy atom. The highest BCUT2D eigenvalue weighted by Crippen LogP contribution is 2.28. The first kappa shape index (κ1) is 15.9. The van der Waals surface area contributed by atoms with E-state index in [0.29, 0.717) is 5.75 Å². The highest BCUT2D eigenvalue weighted by Gasteiger charge is 2.52. The predicted molar refractivity (Wildman–Crippen MR) is 83.6 cm³/mol. The quantitative estimate of drug-likeness (QED) is 0.434. The van der Waals surface area contributed by atoms with E-state index in [1.54, 1.807) is 30.3 Å². The number of Topliss-reactive ketones (excluding diaryl/α,β-unsaturated/α-hetero) is 2. The third-order valence-electron chi connectivity index (χ3n) is 3.78. The van der Waals surface area contributed by atoms with Crippen LogP contribution in [0.3, 0.4) is 0 Å². The number of ether oxygens (including phenoxy) is 1. The molecule has 3 rings (SSSR count). The second-order valence-corrected chi connectivity index (χ2v) is 5.19. The number of ketones is 2. The maximum absolute atomic E-state index is 12.3. The predicted octanol–water partition coefficient (Wildman–Crippen LogP) is 0.697. The van der Waals surface area contributed by atoms with Gasteiger partial charge in [-0.25, -0.2) is 0 Å². The fraction of sp³-hybridized carbons (Fsp3) is 0.118. The molecule has 3 N–H and O–H groups in total. The van der Waals surface area contributed by atoms with E-state index in [9.17, 15) is 19.5 Å². The summed E-state index contributed by atoms with van der Waals surface area (Å²) in [5.74, 6) is -1.97. The number of nitrogens with one attached hydrogen (secondary N) is 2. The molecule has 0 bridgehead atoms. The standard InChI is InChI=1S/C17H14N2O5/c1-24-13-9-5-4-8-12(13)16(22)18-19-17(23)14(20)10-6-2-3-7-11(10)15(17)21/h2-9,19,23H,1H3,(H,18,22). The Kier molecular flexibility index (Phi) is 3.88. The van der Waals surface area contributed by atoms with Crippen molar-refractivity contribution < 1.29 is 24.2 Å². The summed E-state index contributed by atoms with van der Waals surface area (Å²) in [6.45, 7) is 0. The minimum absolute atomic E-state index is 0.101. The Labute approximate surface area is 137 Å². The molecule has 0 atom stereocenters. The van der Waals surface area contributed by atoms with E-state index < -0.39 is 23.2 Å². The Bertz CT molecular complexity index is 811. The molecule has 1 aliphatic carbocycles. The van der Waals surface area contributed by atoms with Gasteiger partial charge in [0.1, 0.15) is 5.75 Å². The number of hydrazine groups is 1. The van der Waals surface area contributed by atoms with Crippen molar-refractivity contribution in [1.82, 2.24) is 10.9 Å². The lowest BCUT2D eigenvalue weighted by molar-refractivity contribution is 0.0138. The lowest BCUT2D eigenvalue weighted by Gasteiger charge is -2.21. The number of para-hydroxylation sites is 1. The largest absolute Gasteiger partial charge is 0.496 e. The maximum atomic E-state index is 12.3. The molecule has 7 nitrogen and oxygen atoms in total. The van der Waals surface area contributed by atoms with Crippen molar-refractivity contribution in [2.75, 3.05) is 7.11 Å². The van der Waals surface area contributed by atoms with Crippen LogP contribution in [0.4, 0.5) is 0 Å². The van der Waals surface area contributed by atoms with E-state index >= 15 is 0 Å². The number of carbonyl (C=O) groups excluding carboxylic acids is 3. The van der Waals surface area contributed by atoms with Gasteiger partial charge in [0, 0.05) is 11.1 Å². The number of amides is 1. The summed E-state index contributed by atoms with van der Waals surface area (Å²) in [6, 6.07) is 12.5. The minimum Gasteiger partial charge on any atom is -0.496 e. The monoisotopic (exact) mass is 326 g/mol. The van der Waals surface area contributed by atoms with Gasteiger partial charge in [0.05, 0.1) is 12.7 Å². The summed E-state index contributed by atoms with van der Waals surface area (Å²) in [5, 5.41) is 10.4. The smallest absolute Gasteiger partial charge is 0.269 e. The van der Waals surface area contributed by atoms with E-state index in [-0.39, 0.29) is 16.7 Å². The van der Waals surface area contributed by atoms with Gasteiger partial charge in [-0.05, 0) is 12.1 Å². The molecule has 0 radical (unpaired) electrons. The highest BCUT2D eigenvalue weighted by molar-refractivity contribution is 6.31. The molecule has 0 unspecified atom stereocenters. The zero-order valence-corrected chi connectivity index (χ0v) is 12.7. The van der Waals surface area contributed by atoms with Crippen molar-refractivity contribution in [2.24, 2.45) is 0 Å². The van der Waals surface area contributed by atoms with Crippen LogP contribution in [-0.2, 0) is 0 Å². The second-order valence-electron chi connectivity index (χ2n) is 5.19. The van der Waals surface area contributed by atoms with Gasteiger partial charge in [-0.1, -0.05) is 36.4 Å². The molecule has 0 saturated heterocycles. The number of hydrogen-bond donors (Lipinski definition) is 3. The molecule has 0 heterocycles. The van der Waals surface area contributed by atoms with E-state index in [1.807, 2.05) is 0 Å². The zero-order valence-electron chi connectivity index (χ0n) is 12.7.